The maximum absolute atomic E-state index is 13.7. The summed E-state index contributed by atoms with van der Waals surface area (Å²) in [7, 11) is 0. The van der Waals surface area contributed by atoms with Crippen molar-refractivity contribution in [2.24, 2.45) is 0 Å². The van der Waals surface area contributed by atoms with E-state index in [9.17, 15) is 14.3 Å². The Morgan fingerprint density at radius 1 is 1.53 bits per heavy atom. The lowest BCUT2D eigenvalue weighted by atomic mass is 9.93. The van der Waals surface area contributed by atoms with E-state index in [0.29, 0.717) is 18.4 Å². The fraction of sp³-hybridized carbons (Fsp3) is 0.500. The lowest BCUT2D eigenvalue weighted by Gasteiger charge is -2.30. The molecule has 0 aromatic heterocycles. The molecule has 0 aliphatic heterocycles. The summed E-state index contributed by atoms with van der Waals surface area (Å²) in [6.07, 6.45) is 1.16. The Bertz CT molecular complexity index is 464. The number of nitrogens with one attached hydrogen (secondary N) is 1. The van der Waals surface area contributed by atoms with Crippen LogP contribution in [0.25, 0.3) is 0 Å². The SMILES string of the molecule is CCCC(C)(NC(C)c1ccc(O)cc1F)C(=O)O. The number of rotatable bonds is 6. The summed E-state index contributed by atoms with van der Waals surface area (Å²) in [6, 6.07) is 3.39. The molecule has 2 atom stereocenters. The normalized spacial score (nSPS) is 15.8. The molecule has 0 aliphatic rings. The number of benzene rings is 1. The molecule has 0 radical (unpaired) electrons. The highest BCUT2D eigenvalue weighted by molar-refractivity contribution is 5.78. The van der Waals surface area contributed by atoms with Crippen LogP contribution >= 0.6 is 0 Å². The summed E-state index contributed by atoms with van der Waals surface area (Å²) in [5.74, 6) is -1.66. The van der Waals surface area contributed by atoms with Crippen LogP contribution in [0.4, 0.5) is 4.39 Å². The van der Waals surface area contributed by atoms with Gasteiger partial charge in [0.25, 0.3) is 0 Å². The Kier molecular flexibility index (Phi) is 4.89. The first-order chi connectivity index (χ1) is 8.80. The molecule has 2 unspecified atom stereocenters. The van der Waals surface area contributed by atoms with Crippen LogP contribution in [0.1, 0.15) is 45.2 Å². The van der Waals surface area contributed by atoms with E-state index in [-0.39, 0.29) is 5.75 Å². The van der Waals surface area contributed by atoms with Gasteiger partial charge in [0, 0.05) is 17.7 Å². The van der Waals surface area contributed by atoms with Crippen LogP contribution in [0, 0.1) is 5.82 Å². The molecule has 0 spiro atoms. The molecule has 0 fully saturated rings. The molecule has 106 valence electrons. The first-order valence-electron chi connectivity index (χ1n) is 6.29. The first-order valence-corrected chi connectivity index (χ1v) is 6.29. The number of carboxylic acids is 1. The highest BCUT2D eigenvalue weighted by atomic mass is 19.1. The third kappa shape index (κ3) is 3.67. The molecule has 4 nitrogen and oxygen atoms in total. The van der Waals surface area contributed by atoms with Gasteiger partial charge in [-0.05, 0) is 26.3 Å². The number of aromatic hydroxyl groups is 1. The Morgan fingerprint density at radius 2 is 2.16 bits per heavy atom. The largest absolute Gasteiger partial charge is 0.508 e. The average Bonchev–Trinajstić information content (AvgIpc) is 2.28. The van der Waals surface area contributed by atoms with Gasteiger partial charge in [0.05, 0.1) is 0 Å². The van der Waals surface area contributed by atoms with Gasteiger partial charge in [0.2, 0.25) is 0 Å². The van der Waals surface area contributed by atoms with Gasteiger partial charge < -0.3 is 10.2 Å². The van der Waals surface area contributed by atoms with E-state index < -0.39 is 23.4 Å². The number of halogens is 1. The second kappa shape index (κ2) is 6.02. The highest BCUT2D eigenvalue weighted by Crippen LogP contribution is 2.24. The van der Waals surface area contributed by atoms with Gasteiger partial charge in [-0.2, -0.15) is 0 Å². The summed E-state index contributed by atoms with van der Waals surface area (Å²) >= 11 is 0. The van der Waals surface area contributed by atoms with Gasteiger partial charge in [-0.25, -0.2) is 4.39 Å². The zero-order chi connectivity index (χ0) is 14.6. The molecule has 0 aliphatic carbocycles. The van der Waals surface area contributed by atoms with E-state index >= 15 is 0 Å². The maximum atomic E-state index is 13.7. The van der Waals surface area contributed by atoms with Crippen LogP contribution < -0.4 is 5.32 Å². The molecule has 0 bridgehead atoms. The smallest absolute Gasteiger partial charge is 0.323 e. The van der Waals surface area contributed by atoms with Crippen LogP contribution in [0.15, 0.2) is 18.2 Å². The van der Waals surface area contributed by atoms with Crippen molar-refractivity contribution in [2.75, 3.05) is 0 Å². The van der Waals surface area contributed by atoms with Crippen molar-refractivity contribution in [3.8, 4) is 5.75 Å². The van der Waals surface area contributed by atoms with Crippen molar-refractivity contribution >= 4 is 5.97 Å². The topological polar surface area (TPSA) is 69.6 Å². The molecule has 19 heavy (non-hydrogen) atoms. The number of hydrogen-bond donors (Lipinski definition) is 3. The van der Waals surface area contributed by atoms with E-state index in [2.05, 4.69) is 5.32 Å². The van der Waals surface area contributed by atoms with Crippen LogP contribution in [-0.2, 0) is 4.79 Å². The van der Waals surface area contributed by atoms with Gasteiger partial charge in [-0.15, -0.1) is 0 Å². The fourth-order valence-corrected chi connectivity index (χ4v) is 2.16. The summed E-state index contributed by atoms with van der Waals surface area (Å²) in [4.78, 5) is 11.3. The van der Waals surface area contributed by atoms with Crippen molar-refractivity contribution < 1.29 is 19.4 Å². The number of aliphatic carboxylic acids is 1. The number of carboxylic acid groups (broad SMARTS) is 1. The monoisotopic (exact) mass is 269 g/mol. The number of hydrogen-bond acceptors (Lipinski definition) is 3. The van der Waals surface area contributed by atoms with Crippen molar-refractivity contribution in [3.63, 3.8) is 0 Å². The van der Waals surface area contributed by atoms with Crippen molar-refractivity contribution in [1.82, 2.24) is 5.32 Å². The molecule has 1 rings (SSSR count). The Morgan fingerprint density at radius 3 is 2.63 bits per heavy atom. The third-order valence-electron chi connectivity index (χ3n) is 3.21. The number of phenols is 1. The predicted octanol–water partition coefficient (Wildman–Crippen LogP) is 2.83. The molecule has 1 aromatic carbocycles. The Balaban J connectivity index is 2.94. The van der Waals surface area contributed by atoms with Gasteiger partial charge >= 0.3 is 5.97 Å². The second-order valence-electron chi connectivity index (χ2n) is 4.96. The fourth-order valence-electron chi connectivity index (χ4n) is 2.16. The average molecular weight is 269 g/mol. The molecule has 0 saturated heterocycles. The Labute approximate surface area is 112 Å². The molecule has 0 heterocycles. The lowest BCUT2D eigenvalue weighted by Crippen LogP contribution is -2.50. The maximum Gasteiger partial charge on any atom is 0.323 e. The molecule has 1 aromatic rings. The molecular weight excluding hydrogens is 249 g/mol. The standard InChI is InChI=1S/C14H20FNO3/c1-4-7-14(3,13(18)19)16-9(2)11-6-5-10(17)8-12(11)15/h5-6,8-9,16-17H,4,7H2,1-3H3,(H,18,19). The second-order valence-corrected chi connectivity index (χ2v) is 4.96. The van der Waals surface area contributed by atoms with Crippen molar-refractivity contribution in [2.45, 2.75) is 45.2 Å². The number of phenolic OH excluding ortho intramolecular Hbond substituents is 1. The summed E-state index contributed by atoms with van der Waals surface area (Å²) in [5.41, 5.74) is -0.764. The highest BCUT2D eigenvalue weighted by Gasteiger charge is 2.33. The van der Waals surface area contributed by atoms with Crippen molar-refractivity contribution in [3.05, 3.63) is 29.6 Å². The van der Waals surface area contributed by atoms with E-state index in [1.807, 2.05) is 6.92 Å². The van der Waals surface area contributed by atoms with Gasteiger partial charge in [0.15, 0.2) is 0 Å². The van der Waals surface area contributed by atoms with Gasteiger partial charge in [-0.3, -0.25) is 10.1 Å². The number of carbonyl (C=O) groups is 1. The van der Waals surface area contributed by atoms with E-state index in [1.54, 1.807) is 13.8 Å². The zero-order valence-electron chi connectivity index (χ0n) is 11.4. The molecular formula is C14H20FNO3. The molecule has 0 saturated carbocycles. The van der Waals surface area contributed by atoms with Crippen LogP contribution in [0.3, 0.4) is 0 Å². The molecule has 0 amide bonds. The predicted molar refractivity (Wildman–Crippen MR) is 70.6 cm³/mol. The summed E-state index contributed by atoms with van der Waals surface area (Å²) in [6.45, 7) is 5.19. The van der Waals surface area contributed by atoms with Crippen molar-refractivity contribution in [1.29, 1.82) is 0 Å². The van der Waals surface area contributed by atoms with Crippen LogP contribution in [0.2, 0.25) is 0 Å². The lowest BCUT2D eigenvalue weighted by molar-refractivity contribution is -0.144. The quantitative estimate of drug-likeness (QED) is 0.742. The third-order valence-corrected chi connectivity index (χ3v) is 3.21. The summed E-state index contributed by atoms with van der Waals surface area (Å²) < 4.78 is 13.7. The van der Waals surface area contributed by atoms with Crippen LogP contribution in [0.5, 0.6) is 5.75 Å². The minimum absolute atomic E-state index is 0.150. The first kappa shape index (κ1) is 15.4. The molecule has 3 N–H and O–H groups in total. The summed E-state index contributed by atoms with van der Waals surface area (Å²) in [5, 5.41) is 21.4. The Hall–Kier alpha value is -1.62. The minimum Gasteiger partial charge on any atom is -0.508 e. The van der Waals surface area contributed by atoms with Gasteiger partial charge in [0.1, 0.15) is 17.1 Å². The zero-order valence-corrected chi connectivity index (χ0v) is 11.4. The van der Waals surface area contributed by atoms with E-state index in [1.165, 1.54) is 12.1 Å². The minimum atomic E-state index is -1.10. The van der Waals surface area contributed by atoms with Gasteiger partial charge in [-0.1, -0.05) is 19.4 Å². The van der Waals surface area contributed by atoms with Crippen LogP contribution in [-0.4, -0.2) is 21.7 Å². The van der Waals surface area contributed by atoms with E-state index in [4.69, 9.17) is 5.11 Å². The molecule has 5 heteroatoms. The van der Waals surface area contributed by atoms with E-state index in [0.717, 1.165) is 6.07 Å².